The molecule has 2 rings (SSSR count). The van der Waals surface area contributed by atoms with Crippen molar-refractivity contribution in [2.24, 2.45) is 5.92 Å². The molecular weight excluding hydrogens is 240 g/mol. The van der Waals surface area contributed by atoms with Crippen LogP contribution >= 0.6 is 0 Å². The van der Waals surface area contributed by atoms with E-state index >= 15 is 0 Å². The zero-order valence-electron chi connectivity index (χ0n) is 11.2. The molecule has 4 heteroatoms. The first-order valence-corrected chi connectivity index (χ1v) is 7.01. The van der Waals surface area contributed by atoms with E-state index in [-0.39, 0.29) is 18.4 Å². The number of aryl methyl sites for hydroxylation is 1. The quantitative estimate of drug-likeness (QED) is 0.754. The fourth-order valence-electron chi connectivity index (χ4n) is 2.42. The Morgan fingerprint density at radius 1 is 1.37 bits per heavy atom. The van der Waals surface area contributed by atoms with Crippen LogP contribution in [0, 0.1) is 5.92 Å². The third-order valence-corrected chi connectivity index (χ3v) is 3.53. The monoisotopic (exact) mass is 262 g/mol. The summed E-state index contributed by atoms with van der Waals surface area (Å²) in [5.41, 5.74) is 2.01. The molecule has 1 saturated heterocycles. The van der Waals surface area contributed by atoms with Crippen LogP contribution in [0.1, 0.15) is 24.8 Å². The maximum atomic E-state index is 12.1. The van der Waals surface area contributed by atoms with Gasteiger partial charge in [0.2, 0.25) is 5.91 Å². The van der Waals surface area contributed by atoms with Crippen molar-refractivity contribution in [2.45, 2.75) is 25.7 Å². The minimum absolute atomic E-state index is 0.126. The fraction of sp³-hybridized carbons (Fsp3) is 0.533. The second-order valence-corrected chi connectivity index (χ2v) is 5.04. The molecule has 104 valence electrons. The van der Waals surface area contributed by atoms with Gasteiger partial charge in [-0.05, 0) is 56.5 Å². The molecule has 1 aliphatic heterocycles. The van der Waals surface area contributed by atoms with Gasteiger partial charge in [0.15, 0.2) is 0 Å². The summed E-state index contributed by atoms with van der Waals surface area (Å²) in [5.74, 6) is 0.253. The molecule has 0 aromatic heterocycles. The number of anilines is 1. The van der Waals surface area contributed by atoms with Crippen molar-refractivity contribution in [2.75, 3.05) is 25.0 Å². The fourth-order valence-corrected chi connectivity index (χ4v) is 2.42. The smallest absolute Gasteiger partial charge is 0.227 e. The van der Waals surface area contributed by atoms with E-state index in [1.54, 1.807) is 0 Å². The van der Waals surface area contributed by atoms with Crippen molar-refractivity contribution in [3.8, 4) is 0 Å². The van der Waals surface area contributed by atoms with E-state index in [1.807, 2.05) is 24.3 Å². The highest BCUT2D eigenvalue weighted by Gasteiger charge is 2.20. The average molecular weight is 262 g/mol. The number of aliphatic hydroxyl groups is 1. The molecule has 1 aromatic carbocycles. The lowest BCUT2D eigenvalue weighted by molar-refractivity contribution is -0.120. The van der Waals surface area contributed by atoms with E-state index in [0.29, 0.717) is 0 Å². The van der Waals surface area contributed by atoms with Crippen molar-refractivity contribution < 1.29 is 9.90 Å². The lowest BCUT2D eigenvalue weighted by Gasteiger charge is -2.21. The van der Waals surface area contributed by atoms with E-state index in [9.17, 15) is 4.79 Å². The zero-order chi connectivity index (χ0) is 13.5. The van der Waals surface area contributed by atoms with Crippen LogP contribution in [-0.2, 0) is 11.2 Å². The molecule has 0 atom stereocenters. The molecule has 1 aliphatic rings. The van der Waals surface area contributed by atoms with Crippen molar-refractivity contribution in [1.29, 1.82) is 0 Å². The Morgan fingerprint density at radius 2 is 2.16 bits per heavy atom. The number of piperidine rings is 1. The molecular formula is C15H22N2O2. The Kier molecular flexibility index (Phi) is 5.36. The molecule has 0 aliphatic carbocycles. The number of amides is 1. The van der Waals surface area contributed by atoms with Gasteiger partial charge in [-0.2, -0.15) is 0 Å². The molecule has 0 saturated carbocycles. The maximum Gasteiger partial charge on any atom is 0.227 e. The van der Waals surface area contributed by atoms with Gasteiger partial charge < -0.3 is 15.7 Å². The molecule has 0 spiro atoms. The van der Waals surface area contributed by atoms with Crippen molar-refractivity contribution in [3.63, 3.8) is 0 Å². The van der Waals surface area contributed by atoms with Crippen LogP contribution in [0.25, 0.3) is 0 Å². The van der Waals surface area contributed by atoms with E-state index in [0.717, 1.165) is 50.0 Å². The Labute approximate surface area is 114 Å². The van der Waals surface area contributed by atoms with Gasteiger partial charge in [0.1, 0.15) is 0 Å². The Morgan fingerprint density at radius 3 is 2.89 bits per heavy atom. The van der Waals surface area contributed by atoms with Gasteiger partial charge in [0, 0.05) is 18.2 Å². The van der Waals surface area contributed by atoms with Gasteiger partial charge in [0.05, 0.1) is 0 Å². The number of carbonyl (C=O) groups is 1. The SMILES string of the molecule is O=C(Nc1cccc(CCCO)c1)C1CCNCC1. The predicted molar refractivity (Wildman–Crippen MR) is 76.1 cm³/mol. The van der Waals surface area contributed by atoms with E-state index in [2.05, 4.69) is 10.6 Å². The van der Waals surface area contributed by atoms with Crippen LogP contribution in [-0.4, -0.2) is 30.7 Å². The predicted octanol–water partition coefficient (Wildman–Crippen LogP) is 1.55. The molecule has 1 fully saturated rings. The Bertz CT molecular complexity index is 414. The number of aliphatic hydroxyl groups excluding tert-OH is 1. The lowest BCUT2D eigenvalue weighted by Crippen LogP contribution is -2.34. The van der Waals surface area contributed by atoms with E-state index in [4.69, 9.17) is 5.11 Å². The van der Waals surface area contributed by atoms with Crippen molar-refractivity contribution in [3.05, 3.63) is 29.8 Å². The zero-order valence-corrected chi connectivity index (χ0v) is 11.2. The van der Waals surface area contributed by atoms with Crippen molar-refractivity contribution in [1.82, 2.24) is 5.32 Å². The van der Waals surface area contributed by atoms with Gasteiger partial charge in [0.25, 0.3) is 0 Å². The van der Waals surface area contributed by atoms with Crippen LogP contribution in [0.15, 0.2) is 24.3 Å². The van der Waals surface area contributed by atoms with Crippen LogP contribution in [0.4, 0.5) is 5.69 Å². The first-order valence-electron chi connectivity index (χ1n) is 7.01. The number of rotatable bonds is 5. The highest BCUT2D eigenvalue weighted by atomic mass is 16.2. The highest BCUT2D eigenvalue weighted by Crippen LogP contribution is 2.17. The summed E-state index contributed by atoms with van der Waals surface area (Å²) in [6.45, 7) is 2.05. The van der Waals surface area contributed by atoms with Gasteiger partial charge in [-0.15, -0.1) is 0 Å². The lowest BCUT2D eigenvalue weighted by atomic mass is 9.97. The van der Waals surface area contributed by atoms with Crippen LogP contribution in [0.2, 0.25) is 0 Å². The number of hydrogen-bond donors (Lipinski definition) is 3. The second-order valence-electron chi connectivity index (χ2n) is 5.04. The largest absolute Gasteiger partial charge is 0.396 e. The molecule has 0 radical (unpaired) electrons. The molecule has 1 aromatic rings. The van der Waals surface area contributed by atoms with Gasteiger partial charge in [-0.3, -0.25) is 4.79 Å². The summed E-state index contributed by atoms with van der Waals surface area (Å²) < 4.78 is 0. The summed E-state index contributed by atoms with van der Waals surface area (Å²) in [4.78, 5) is 12.1. The van der Waals surface area contributed by atoms with Crippen LogP contribution < -0.4 is 10.6 Å². The third kappa shape index (κ3) is 4.33. The Balaban J connectivity index is 1.92. The molecule has 4 nitrogen and oxygen atoms in total. The molecule has 0 unspecified atom stereocenters. The molecule has 0 bridgehead atoms. The third-order valence-electron chi connectivity index (χ3n) is 3.53. The topological polar surface area (TPSA) is 61.4 Å². The second kappa shape index (κ2) is 7.26. The summed E-state index contributed by atoms with van der Waals surface area (Å²) >= 11 is 0. The van der Waals surface area contributed by atoms with Gasteiger partial charge in [-0.25, -0.2) is 0 Å². The first kappa shape index (κ1) is 14.0. The van der Waals surface area contributed by atoms with Crippen LogP contribution in [0.5, 0.6) is 0 Å². The normalized spacial score (nSPS) is 16.3. The summed E-state index contributed by atoms with van der Waals surface area (Å²) in [7, 11) is 0. The minimum Gasteiger partial charge on any atom is -0.396 e. The summed E-state index contributed by atoms with van der Waals surface area (Å²) in [6.07, 6.45) is 3.42. The maximum absolute atomic E-state index is 12.1. The summed E-state index contributed by atoms with van der Waals surface area (Å²) in [5, 5.41) is 15.1. The molecule has 3 N–H and O–H groups in total. The first-order chi connectivity index (χ1) is 9.29. The average Bonchev–Trinajstić information content (AvgIpc) is 2.46. The molecule has 19 heavy (non-hydrogen) atoms. The highest BCUT2D eigenvalue weighted by molar-refractivity contribution is 5.92. The number of carbonyl (C=O) groups excluding carboxylic acids is 1. The van der Waals surface area contributed by atoms with E-state index < -0.39 is 0 Å². The van der Waals surface area contributed by atoms with Gasteiger partial charge >= 0.3 is 0 Å². The molecule has 1 amide bonds. The Hall–Kier alpha value is -1.39. The van der Waals surface area contributed by atoms with E-state index in [1.165, 1.54) is 0 Å². The van der Waals surface area contributed by atoms with Crippen molar-refractivity contribution >= 4 is 11.6 Å². The number of hydrogen-bond acceptors (Lipinski definition) is 3. The standard InChI is InChI=1S/C15H22N2O2/c18-10-2-4-12-3-1-5-14(11-12)17-15(19)13-6-8-16-9-7-13/h1,3,5,11,13,16,18H,2,4,6-10H2,(H,17,19). The van der Waals surface area contributed by atoms with Gasteiger partial charge in [-0.1, -0.05) is 12.1 Å². The number of nitrogens with one attached hydrogen (secondary N) is 2. The van der Waals surface area contributed by atoms with Crippen LogP contribution in [0.3, 0.4) is 0 Å². The molecule has 1 heterocycles. The summed E-state index contributed by atoms with van der Waals surface area (Å²) in [6, 6.07) is 7.89. The number of benzene rings is 1. The minimum atomic E-state index is 0.126.